The van der Waals surface area contributed by atoms with E-state index in [1.54, 1.807) is 0 Å². The molecule has 24 heavy (non-hydrogen) atoms. The van der Waals surface area contributed by atoms with Gasteiger partial charge in [-0.3, -0.25) is 0 Å². The first-order valence-electron chi connectivity index (χ1n) is 8.38. The smallest absolute Gasteiger partial charge is 0.407 e. The molecule has 0 radical (unpaired) electrons. The summed E-state index contributed by atoms with van der Waals surface area (Å²) in [6.45, 7) is 0.899. The van der Waals surface area contributed by atoms with Gasteiger partial charge in [-0.25, -0.2) is 9.78 Å². The quantitative estimate of drug-likeness (QED) is 0.842. The van der Waals surface area contributed by atoms with Crippen LogP contribution in [-0.2, 0) is 0 Å². The Morgan fingerprint density at radius 3 is 2.88 bits per heavy atom. The Labute approximate surface area is 139 Å². The van der Waals surface area contributed by atoms with Crippen molar-refractivity contribution in [3.63, 3.8) is 0 Å². The molecule has 2 aliphatic heterocycles. The SMILES string of the molecule is O=C(O)N1CC2(CC[C@@H]([C@H]3c4ccccc4-c4cncn43)[C@H]2O)C1. The van der Waals surface area contributed by atoms with Gasteiger partial charge in [0.25, 0.3) is 0 Å². The first kappa shape index (κ1) is 14.0. The van der Waals surface area contributed by atoms with Crippen molar-refractivity contribution in [1.29, 1.82) is 0 Å². The van der Waals surface area contributed by atoms with Crippen LogP contribution in [0.2, 0.25) is 0 Å². The Hall–Kier alpha value is -2.34. The van der Waals surface area contributed by atoms with Crippen LogP contribution in [0.25, 0.3) is 11.3 Å². The highest BCUT2D eigenvalue weighted by Gasteiger charge is 2.58. The third kappa shape index (κ3) is 1.64. The zero-order valence-electron chi connectivity index (χ0n) is 13.2. The van der Waals surface area contributed by atoms with Gasteiger partial charge in [0.2, 0.25) is 0 Å². The monoisotopic (exact) mass is 325 g/mol. The van der Waals surface area contributed by atoms with Gasteiger partial charge in [0.15, 0.2) is 0 Å². The number of amides is 1. The maximum Gasteiger partial charge on any atom is 0.407 e. The lowest BCUT2D eigenvalue weighted by molar-refractivity contribution is -0.0765. The lowest BCUT2D eigenvalue weighted by Gasteiger charge is -2.49. The van der Waals surface area contributed by atoms with E-state index < -0.39 is 12.2 Å². The molecule has 1 aromatic heterocycles. The van der Waals surface area contributed by atoms with Gasteiger partial charge in [0, 0.05) is 30.0 Å². The average Bonchev–Trinajstić information content (AvgIpc) is 3.18. The Balaban J connectivity index is 1.49. The normalized spacial score (nSPS) is 29.4. The van der Waals surface area contributed by atoms with E-state index in [0.717, 1.165) is 18.5 Å². The van der Waals surface area contributed by atoms with Gasteiger partial charge >= 0.3 is 6.09 Å². The molecule has 1 aliphatic carbocycles. The van der Waals surface area contributed by atoms with Crippen LogP contribution in [-0.4, -0.2) is 50.0 Å². The van der Waals surface area contributed by atoms with Crippen molar-refractivity contribution in [3.05, 3.63) is 42.4 Å². The number of carboxylic acid groups (broad SMARTS) is 1. The van der Waals surface area contributed by atoms with Crippen LogP contribution in [0.3, 0.4) is 0 Å². The molecule has 2 N–H and O–H groups in total. The Morgan fingerprint density at radius 2 is 2.08 bits per heavy atom. The zero-order valence-corrected chi connectivity index (χ0v) is 13.2. The second-order valence-corrected chi connectivity index (χ2v) is 7.37. The average molecular weight is 325 g/mol. The summed E-state index contributed by atoms with van der Waals surface area (Å²) in [5.74, 6) is 0.0949. The van der Waals surface area contributed by atoms with Crippen molar-refractivity contribution in [2.45, 2.75) is 25.0 Å². The molecule has 124 valence electrons. The number of fused-ring (bicyclic) bond motifs is 3. The van der Waals surface area contributed by atoms with Gasteiger partial charge in [-0.1, -0.05) is 24.3 Å². The minimum absolute atomic E-state index is 0.0898. The first-order chi connectivity index (χ1) is 11.6. The van der Waals surface area contributed by atoms with Crippen LogP contribution in [0.1, 0.15) is 24.4 Å². The van der Waals surface area contributed by atoms with Gasteiger partial charge in [-0.2, -0.15) is 0 Å². The number of carbonyl (C=O) groups is 1. The van der Waals surface area contributed by atoms with Crippen molar-refractivity contribution < 1.29 is 15.0 Å². The van der Waals surface area contributed by atoms with Crippen LogP contribution in [0.4, 0.5) is 4.79 Å². The molecule has 1 spiro atoms. The van der Waals surface area contributed by atoms with Gasteiger partial charge in [-0.05, 0) is 18.4 Å². The Kier molecular flexibility index (Phi) is 2.69. The maximum absolute atomic E-state index is 11.1. The number of likely N-dealkylation sites (tertiary alicyclic amines) is 1. The molecule has 1 aromatic carbocycles. The molecule has 6 nitrogen and oxygen atoms in total. The number of hydrogen-bond donors (Lipinski definition) is 2. The van der Waals surface area contributed by atoms with Crippen LogP contribution in [0.15, 0.2) is 36.8 Å². The minimum atomic E-state index is -0.889. The number of imidazole rings is 1. The molecular weight excluding hydrogens is 306 g/mol. The topological polar surface area (TPSA) is 78.6 Å². The molecule has 1 amide bonds. The molecule has 3 aliphatic rings. The number of aromatic nitrogens is 2. The summed E-state index contributed by atoms with van der Waals surface area (Å²) in [5, 5.41) is 20.2. The molecule has 6 heteroatoms. The van der Waals surface area contributed by atoms with Crippen molar-refractivity contribution >= 4 is 6.09 Å². The molecule has 5 rings (SSSR count). The Morgan fingerprint density at radius 1 is 1.29 bits per heavy atom. The van der Waals surface area contributed by atoms with Crippen LogP contribution < -0.4 is 0 Å². The fourth-order valence-electron chi connectivity index (χ4n) is 5.05. The van der Waals surface area contributed by atoms with E-state index in [1.165, 1.54) is 16.0 Å². The van der Waals surface area contributed by atoms with Gasteiger partial charge in [0.05, 0.1) is 30.4 Å². The number of benzene rings is 1. The fourth-order valence-corrected chi connectivity index (χ4v) is 5.05. The number of hydrogen-bond acceptors (Lipinski definition) is 3. The van der Waals surface area contributed by atoms with Crippen molar-refractivity contribution in [3.8, 4) is 11.3 Å². The summed E-state index contributed by atoms with van der Waals surface area (Å²) in [6, 6.07) is 8.40. The molecular formula is C18H19N3O3. The van der Waals surface area contributed by atoms with Gasteiger partial charge < -0.3 is 19.7 Å². The Bertz CT molecular complexity index is 824. The maximum atomic E-state index is 11.1. The fraction of sp³-hybridized carbons (Fsp3) is 0.444. The highest BCUT2D eigenvalue weighted by molar-refractivity contribution is 5.69. The van der Waals surface area contributed by atoms with Gasteiger partial charge in [0.1, 0.15) is 0 Å². The van der Waals surface area contributed by atoms with E-state index in [1.807, 2.05) is 24.7 Å². The summed E-state index contributed by atoms with van der Waals surface area (Å²) in [6.07, 6.45) is 4.14. The summed E-state index contributed by atoms with van der Waals surface area (Å²) < 4.78 is 2.17. The van der Waals surface area contributed by atoms with Gasteiger partial charge in [-0.15, -0.1) is 0 Å². The molecule has 3 atom stereocenters. The lowest BCUT2D eigenvalue weighted by atomic mass is 9.74. The second-order valence-electron chi connectivity index (χ2n) is 7.37. The van der Waals surface area contributed by atoms with Crippen LogP contribution in [0, 0.1) is 11.3 Å². The summed E-state index contributed by atoms with van der Waals surface area (Å²) in [4.78, 5) is 16.8. The molecule has 1 saturated carbocycles. The number of rotatable bonds is 1. The minimum Gasteiger partial charge on any atom is -0.465 e. The number of aliphatic hydroxyl groups excluding tert-OH is 1. The van der Waals surface area contributed by atoms with Crippen molar-refractivity contribution in [2.24, 2.45) is 11.3 Å². The van der Waals surface area contributed by atoms with E-state index in [-0.39, 0.29) is 17.4 Å². The van der Waals surface area contributed by atoms with E-state index in [0.29, 0.717) is 13.1 Å². The first-order valence-corrected chi connectivity index (χ1v) is 8.38. The number of nitrogens with zero attached hydrogens (tertiary/aromatic N) is 3. The largest absolute Gasteiger partial charge is 0.465 e. The van der Waals surface area contributed by atoms with E-state index in [2.05, 4.69) is 21.7 Å². The molecule has 3 heterocycles. The van der Waals surface area contributed by atoms with E-state index >= 15 is 0 Å². The third-order valence-corrected chi connectivity index (χ3v) is 6.22. The summed E-state index contributed by atoms with van der Waals surface area (Å²) in [7, 11) is 0. The standard InChI is InChI=1S/C18H19N3O3/c22-16-13(5-6-18(16)8-20(9-18)17(23)24)15-12-4-2-1-3-11(12)14-7-19-10-21(14)15/h1-4,7,10,13,15-16,22H,5-6,8-9H2,(H,23,24)/t13-,15+,16+/m0/s1. The molecule has 0 unspecified atom stereocenters. The summed E-state index contributed by atoms with van der Waals surface area (Å²) >= 11 is 0. The zero-order chi connectivity index (χ0) is 16.5. The lowest BCUT2D eigenvalue weighted by Crippen LogP contribution is -2.62. The van der Waals surface area contributed by atoms with Crippen molar-refractivity contribution in [1.82, 2.24) is 14.5 Å². The van der Waals surface area contributed by atoms with E-state index in [4.69, 9.17) is 5.11 Å². The van der Waals surface area contributed by atoms with E-state index in [9.17, 15) is 9.90 Å². The molecule has 2 aromatic rings. The molecule has 0 bridgehead atoms. The van der Waals surface area contributed by atoms with Crippen LogP contribution in [0.5, 0.6) is 0 Å². The predicted octanol–water partition coefficient (Wildman–Crippen LogP) is 2.20. The highest BCUT2D eigenvalue weighted by atomic mass is 16.4. The second kappa shape index (κ2) is 4.60. The number of aliphatic hydroxyl groups is 1. The predicted molar refractivity (Wildman–Crippen MR) is 86.6 cm³/mol. The summed E-state index contributed by atoms with van der Waals surface area (Å²) in [5.41, 5.74) is 3.27. The third-order valence-electron chi connectivity index (χ3n) is 6.22. The van der Waals surface area contributed by atoms with Crippen molar-refractivity contribution in [2.75, 3.05) is 13.1 Å². The highest BCUT2D eigenvalue weighted by Crippen LogP contribution is 2.55. The molecule has 2 fully saturated rings. The molecule has 1 saturated heterocycles. The van der Waals surface area contributed by atoms with Crippen LogP contribution >= 0.6 is 0 Å².